The molecule has 0 radical (unpaired) electrons. The minimum absolute atomic E-state index is 0.169. The molecule has 0 spiro atoms. The van der Waals surface area contributed by atoms with Crippen LogP contribution in [0.25, 0.3) is 0 Å². The van der Waals surface area contributed by atoms with Crippen LogP contribution in [0.2, 0.25) is 0 Å². The van der Waals surface area contributed by atoms with Crippen molar-refractivity contribution in [1.82, 2.24) is 0 Å². The van der Waals surface area contributed by atoms with Gasteiger partial charge in [0.1, 0.15) is 12.2 Å². The normalized spacial score (nSPS) is 32.0. The van der Waals surface area contributed by atoms with Gasteiger partial charge in [0.15, 0.2) is 0 Å². The Morgan fingerprint density at radius 1 is 0.969 bits per heavy atom. The fraction of sp³-hybridized carbons (Fsp3) is 0.706. The summed E-state index contributed by atoms with van der Waals surface area (Å²) in [5.41, 5.74) is -6.99. The quantitative estimate of drug-likeness (QED) is 0.264. The number of alkyl halides is 9. The third-order valence-electron chi connectivity index (χ3n) is 5.86. The van der Waals surface area contributed by atoms with E-state index in [1.807, 2.05) is 0 Å². The van der Waals surface area contributed by atoms with Crippen LogP contribution in [0.1, 0.15) is 13.3 Å². The van der Waals surface area contributed by atoms with Crippen LogP contribution in [0.4, 0.5) is 39.5 Å². The molecule has 2 saturated carbocycles. The summed E-state index contributed by atoms with van der Waals surface area (Å²) in [7, 11) is 0. The van der Waals surface area contributed by atoms with Crippen molar-refractivity contribution in [2.75, 3.05) is 0 Å². The summed E-state index contributed by atoms with van der Waals surface area (Å²) < 4.78 is 131. The van der Waals surface area contributed by atoms with Crippen molar-refractivity contribution in [3.8, 4) is 0 Å². The summed E-state index contributed by atoms with van der Waals surface area (Å²) in [4.78, 5) is 36.3. The molecule has 2 bridgehead atoms. The Morgan fingerprint density at radius 3 is 1.91 bits per heavy atom. The predicted molar refractivity (Wildman–Crippen MR) is 80.1 cm³/mol. The van der Waals surface area contributed by atoms with Gasteiger partial charge in [0.25, 0.3) is 0 Å². The molecule has 0 N–H and O–H groups in total. The molecule has 6 nitrogen and oxygen atoms in total. The van der Waals surface area contributed by atoms with Crippen LogP contribution in [-0.2, 0) is 28.6 Å². The maximum atomic E-state index is 13.1. The average Bonchev–Trinajstić information content (AvgIpc) is 3.19. The van der Waals surface area contributed by atoms with Gasteiger partial charge in [-0.2, -0.15) is 39.5 Å². The standard InChI is InChI=1S/C17H13F9O6/c1-4(2)11(27)30-9-6-3-5-7(12(28)31-10(5)9)8(6)13(29)32-14(15(18,19)20,16(21,22)23)17(24,25)26/h5-10H,1,3H2,2H3. The molecule has 1 heterocycles. The van der Waals surface area contributed by atoms with Crippen molar-refractivity contribution >= 4 is 17.9 Å². The molecular formula is C17H13F9O6. The van der Waals surface area contributed by atoms with Crippen LogP contribution >= 0.6 is 0 Å². The fourth-order valence-corrected chi connectivity index (χ4v) is 4.57. The number of halogens is 9. The first-order valence-electron chi connectivity index (χ1n) is 8.85. The summed E-state index contributed by atoms with van der Waals surface area (Å²) in [5.74, 6) is -11.0. The zero-order valence-corrected chi connectivity index (χ0v) is 15.7. The molecular weight excluding hydrogens is 471 g/mol. The molecule has 1 saturated heterocycles. The van der Waals surface area contributed by atoms with Crippen LogP contribution in [-0.4, -0.2) is 54.2 Å². The van der Waals surface area contributed by atoms with E-state index in [0.717, 1.165) is 0 Å². The molecule has 180 valence electrons. The third kappa shape index (κ3) is 3.22. The molecule has 15 heteroatoms. The lowest BCUT2D eigenvalue weighted by Crippen LogP contribution is -2.69. The summed E-state index contributed by atoms with van der Waals surface area (Å²) in [6.07, 6.45) is -24.2. The smallest absolute Gasteiger partial charge is 0.447 e. The number of ether oxygens (including phenoxy) is 3. The van der Waals surface area contributed by atoms with E-state index in [4.69, 9.17) is 9.47 Å². The molecule has 3 rings (SSSR count). The molecule has 0 aromatic heterocycles. The van der Waals surface area contributed by atoms with Gasteiger partial charge in [-0.25, -0.2) is 4.79 Å². The highest BCUT2D eigenvalue weighted by Crippen LogP contribution is 2.61. The largest absolute Gasteiger partial charge is 0.458 e. The Kier molecular flexibility index (Phi) is 5.29. The minimum atomic E-state index is -7.12. The first kappa shape index (κ1) is 24.2. The number of rotatable bonds is 4. The van der Waals surface area contributed by atoms with Crippen molar-refractivity contribution < 1.29 is 68.1 Å². The van der Waals surface area contributed by atoms with Crippen molar-refractivity contribution in [2.24, 2.45) is 23.7 Å². The zero-order chi connectivity index (χ0) is 24.6. The molecule has 6 atom stereocenters. The average molecular weight is 484 g/mol. The molecule has 6 unspecified atom stereocenters. The highest BCUT2D eigenvalue weighted by molar-refractivity contribution is 5.88. The van der Waals surface area contributed by atoms with Crippen LogP contribution in [0.5, 0.6) is 0 Å². The highest BCUT2D eigenvalue weighted by atomic mass is 19.4. The van der Waals surface area contributed by atoms with E-state index in [9.17, 15) is 53.9 Å². The Hall–Kier alpha value is -2.48. The summed E-state index contributed by atoms with van der Waals surface area (Å²) in [6, 6.07) is 0. The Labute approximate surface area is 172 Å². The van der Waals surface area contributed by atoms with Crippen molar-refractivity contribution in [3.63, 3.8) is 0 Å². The van der Waals surface area contributed by atoms with Gasteiger partial charge in [-0.15, -0.1) is 0 Å². The van der Waals surface area contributed by atoms with Gasteiger partial charge in [0.05, 0.1) is 11.8 Å². The van der Waals surface area contributed by atoms with Gasteiger partial charge in [-0.3, -0.25) is 9.59 Å². The van der Waals surface area contributed by atoms with Gasteiger partial charge in [0.2, 0.25) is 0 Å². The predicted octanol–water partition coefficient (Wildman–Crippen LogP) is 3.25. The Morgan fingerprint density at radius 2 is 1.47 bits per heavy atom. The zero-order valence-electron chi connectivity index (χ0n) is 15.7. The second kappa shape index (κ2) is 7.01. The minimum Gasteiger partial charge on any atom is -0.458 e. The van der Waals surface area contributed by atoms with E-state index >= 15 is 0 Å². The van der Waals surface area contributed by atoms with Crippen LogP contribution in [0.3, 0.4) is 0 Å². The molecule has 2 aliphatic carbocycles. The fourth-order valence-electron chi connectivity index (χ4n) is 4.57. The molecule has 0 aromatic rings. The molecule has 3 fully saturated rings. The van der Waals surface area contributed by atoms with Crippen LogP contribution in [0.15, 0.2) is 12.2 Å². The number of esters is 3. The van der Waals surface area contributed by atoms with Gasteiger partial charge < -0.3 is 14.2 Å². The Bertz CT molecular complexity index is 822. The van der Waals surface area contributed by atoms with E-state index < -0.39 is 77.9 Å². The summed E-state index contributed by atoms with van der Waals surface area (Å²) >= 11 is 0. The van der Waals surface area contributed by atoms with E-state index in [1.54, 1.807) is 0 Å². The second-order valence-corrected chi connectivity index (χ2v) is 7.76. The number of hydrogen-bond donors (Lipinski definition) is 0. The monoisotopic (exact) mass is 484 g/mol. The van der Waals surface area contributed by atoms with Crippen LogP contribution in [0, 0.1) is 23.7 Å². The van der Waals surface area contributed by atoms with Gasteiger partial charge in [-0.1, -0.05) is 6.58 Å². The third-order valence-corrected chi connectivity index (χ3v) is 5.86. The summed E-state index contributed by atoms with van der Waals surface area (Å²) in [6.45, 7) is 4.47. The Balaban J connectivity index is 2.00. The molecule has 3 aliphatic rings. The van der Waals surface area contributed by atoms with Gasteiger partial charge >= 0.3 is 42.0 Å². The lowest BCUT2D eigenvalue weighted by molar-refractivity contribution is -0.447. The van der Waals surface area contributed by atoms with Crippen molar-refractivity contribution in [1.29, 1.82) is 0 Å². The van der Waals surface area contributed by atoms with Gasteiger partial charge in [0, 0.05) is 17.4 Å². The lowest BCUT2D eigenvalue weighted by atomic mass is 9.78. The first-order valence-corrected chi connectivity index (χ1v) is 8.85. The highest BCUT2D eigenvalue weighted by Gasteiger charge is 2.88. The topological polar surface area (TPSA) is 78.9 Å². The van der Waals surface area contributed by atoms with E-state index in [-0.39, 0.29) is 12.0 Å². The summed E-state index contributed by atoms with van der Waals surface area (Å²) in [5, 5.41) is 0. The van der Waals surface area contributed by atoms with E-state index in [2.05, 4.69) is 11.3 Å². The van der Waals surface area contributed by atoms with E-state index in [0.29, 0.717) is 0 Å². The van der Waals surface area contributed by atoms with Crippen molar-refractivity contribution in [3.05, 3.63) is 12.2 Å². The number of carbonyl (C=O) groups is 3. The lowest BCUT2D eigenvalue weighted by Gasteiger charge is -2.39. The van der Waals surface area contributed by atoms with Crippen molar-refractivity contribution in [2.45, 2.75) is 49.7 Å². The number of fused-ring (bicyclic) bond motifs is 1. The van der Waals surface area contributed by atoms with Crippen LogP contribution < -0.4 is 0 Å². The number of carbonyl (C=O) groups excluding carboxylic acids is 3. The maximum Gasteiger partial charge on any atom is 0.447 e. The SMILES string of the molecule is C=C(C)C(=O)OC1C2CC3C1OC(=O)C3C2C(=O)OC(C(F)(F)F)(C(F)(F)F)C(F)(F)F. The molecule has 0 amide bonds. The van der Waals surface area contributed by atoms with Gasteiger partial charge in [-0.05, 0) is 13.3 Å². The molecule has 1 aliphatic heterocycles. The van der Waals surface area contributed by atoms with E-state index in [1.165, 1.54) is 6.92 Å². The molecule has 0 aromatic carbocycles. The molecule has 32 heavy (non-hydrogen) atoms. The maximum absolute atomic E-state index is 13.1. The second-order valence-electron chi connectivity index (χ2n) is 7.76. The first-order chi connectivity index (χ1) is 14.3. The number of hydrogen-bond acceptors (Lipinski definition) is 6.